The molecule has 2 amide bonds. The zero-order chi connectivity index (χ0) is 24.9. The predicted octanol–water partition coefficient (Wildman–Crippen LogP) is 2.05. The second kappa shape index (κ2) is 11.0. The van der Waals surface area contributed by atoms with Crippen molar-refractivity contribution in [1.82, 2.24) is 14.5 Å². The Morgan fingerprint density at radius 2 is 1.59 bits per heavy atom. The number of piperazine rings is 1. The summed E-state index contributed by atoms with van der Waals surface area (Å²) < 4.78 is 54.8. The van der Waals surface area contributed by atoms with E-state index in [1.807, 2.05) is 4.90 Å². The molecule has 0 saturated carbocycles. The Balaban J connectivity index is 1.56. The summed E-state index contributed by atoms with van der Waals surface area (Å²) in [5, 5.41) is 2.69. The number of rotatable bonds is 8. The van der Waals surface area contributed by atoms with E-state index in [-0.39, 0.29) is 18.4 Å². The zero-order valence-corrected chi connectivity index (χ0v) is 19.8. The first-order valence-electron chi connectivity index (χ1n) is 10.9. The highest BCUT2D eigenvalue weighted by Crippen LogP contribution is 2.17. The number of nitrogens with zero attached hydrogens (tertiary/aromatic N) is 2. The molecular weight excluding hydrogens is 466 g/mol. The predicted molar refractivity (Wildman–Crippen MR) is 123 cm³/mol. The molecule has 1 saturated heterocycles. The molecule has 184 valence electrons. The lowest BCUT2D eigenvalue weighted by molar-refractivity contribution is -0.135. The molecule has 0 spiro atoms. The molecule has 1 atom stereocenters. The number of sulfonamides is 1. The fraction of sp³-hybridized carbons (Fsp3) is 0.391. The second-order valence-corrected chi connectivity index (χ2v) is 10.1. The average molecular weight is 495 g/mol. The number of hydrogen-bond donors (Lipinski definition) is 2. The Hall–Kier alpha value is -2.89. The van der Waals surface area contributed by atoms with E-state index in [9.17, 15) is 26.8 Å². The Kier molecular flexibility index (Phi) is 8.34. The van der Waals surface area contributed by atoms with Gasteiger partial charge in [0.1, 0.15) is 22.6 Å². The van der Waals surface area contributed by atoms with E-state index in [1.165, 1.54) is 36.4 Å². The molecule has 0 aliphatic carbocycles. The minimum absolute atomic E-state index is 0.104. The Labute approximate surface area is 198 Å². The standard InChI is InChI=1S/C23H28F2N4O4S/c1-16(2)22(27-34(32,33)20-6-4-3-5-19(20)25)23(31)29-13-11-28(12-14-29)15-21(30)26-18-9-7-17(24)8-10-18/h3-10,16,22,27H,11-15H2,1-2H3,(H,26,30)/t22-/m0/s1. The first kappa shape index (κ1) is 25.7. The quantitative estimate of drug-likeness (QED) is 0.585. The molecule has 0 radical (unpaired) electrons. The van der Waals surface area contributed by atoms with Crippen LogP contribution < -0.4 is 10.0 Å². The smallest absolute Gasteiger partial charge is 0.244 e. The van der Waals surface area contributed by atoms with E-state index in [0.717, 1.165) is 12.1 Å². The largest absolute Gasteiger partial charge is 0.339 e. The lowest BCUT2D eigenvalue weighted by Gasteiger charge is -2.37. The van der Waals surface area contributed by atoms with Crippen molar-refractivity contribution in [2.75, 3.05) is 38.0 Å². The summed E-state index contributed by atoms with van der Waals surface area (Å²) in [5.74, 6) is -2.31. The molecule has 2 N–H and O–H groups in total. The molecule has 2 aromatic carbocycles. The number of nitrogens with one attached hydrogen (secondary N) is 2. The lowest BCUT2D eigenvalue weighted by Crippen LogP contribution is -2.57. The van der Waals surface area contributed by atoms with Crippen LogP contribution in [0.1, 0.15) is 13.8 Å². The van der Waals surface area contributed by atoms with Crippen LogP contribution in [0.4, 0.5) is 14.5 Å². The Morgan fingerprint density at radius 1 is 0.971 bits per heavy atom. The van der Waals surface area contributed by atoms with Gasteiger partial charge < -0.3 is 10.2 Å². The van der Waals surface area contributed by atoms with Gasteiger partial charge in [-0.1, -0.05) is 26.0 Å². The normalized spacial score (nSPS) is 15.9. The Bertz CT molecular complexity index is 1120. The summed E-state index contributed by atoms with van der Waals surface area (Å²) >= 11 is 0. The van der Waals surface area contributed by atoms with Crippen LogP contribution in [0.5, 0.6) is 0 Å². The number of amides is 2. The van der Waals surface area contributed by atoms with Crippen LogP contribution >= 0.6 is 0 Å². The molecule has 1 heterocycles. The van der Waals surface area contributed by atoms with Gasteiger partial charge in [0, 0.05) is 31.9 Å². The van der Waals surface area contributed by atoms with Gasteiger partial charge in [0.05, 0.1) is 6.54 Å². The van der Waals surface area contributed by atoms with Crippen molar-refractivity contribution in [3.63, 3.8) is 0 Å². The third-order valence-electron chi connectivity index (χ3n) is 5.52. The fourth-order valence-electron chi connectivity index (χ4n) is 3.62. The van der Waals surface area contributed by atoms with Gasteiger partial charge in [0.15, 0.2) is 0 Å². The molecular formula is C23H28F2N4O4S. The molecule has 2 aromatic rings. The molecule has 1 fully saturated rings. The highest BCUT2D eigenvalue weighted by atomic mass is 32.2. The minimum atomic E-state index is -4.24. The summed E-state index contributed by atoms with van der Waals surface area (Å²) in [4.78, 5) is 28.3. The molecule has 0 unspecified atom stereocenters. The number of hydrogen-bond acceptors (Lipinski definition) is 5. The number of carbonyl (C=O) groups excluding carboxylic acids is 2. The maximum atomic E-state index is 14.0. The third kappa shape index (κ3) is 6.58. The van der Waals surface area contributed by atoms with E-state index in [2.05, 4.69) is 10.0 Å². The minimum Gasteiger partial charge on any atom is -0.339 e. The molecule has 0 bridgehead atoms. The molecule has 11 heteroatoms. The Morgan fingerprint density at radius 3 is 2.18 bits per heavy atom. The monoisotopic (exact) mass is 494 g/mol. The summed E-state index contributed by atoms with van der Waals surface area (Å²) in [6, 6.07) is 9.39. The highest BCUT2D eigenvalue weighted by molar-refractivity contribution is 7.89. The number of halogens is 2. The van der Waals surface area contributed by atoms with Crippen LogP contribution in [0.25, 0.3) is 0 Å². The first-order valence-corrected chi connectivity index (χ1v) is 12.4. The van der Waals surface area contributed by atoms with Gasteiger partial charge in [-0.2, -0.15) is 4.72 Å². The van der Waals surface area contributed by atoms with E-state index in [4.69, 9.17) is 0 Å². The van der Waals surface area contributed by atoms with Gasteiger partial charge in [-0.15, -0.1) is 0 Å². The topological polar surface area (TPSA) is 98.8 Å². The average Bonchev–Trinajstić information content (AvgIpc) is 2.79. The molecule has 1 aliphatic heterocycles. The van der Waals surface area contributed by atoms with Gasteiger partial charge in [-0.05, 0) is 42.3 Å². The van der Waals surface area contributed by atoms with Gasteiger partial charge >= 0.3 is 0 Å². The molecule has 3 rings (SSSR count). The van der Waals surface area contributed by atoms with Crippen LogP contribution in [-0.4, -0.2) is 68.8 Å². The van der Waals surface area contributed by atoms with E-state index in [1.54, 1.807) is 18.7 Å². The van der Waals surface area contributed by atoms with Crippen molar-refractivity contribution in [2.24, 2.45) is 5.92 Å². The second-order valence-electron chi connectivity index (χ2n) is 8.43. The number of benzene rings is 2. The summed E-state index contributed by atoms with van der Waals surface area (Å²) in [5.41, 5.74) is 0.488. The first-order chi connectivity index (χ1) is 16.1. The maximum Gasteiger partial charge on any atom is 0.244 e. The van der Waals surface area contributed by atoms with E-state index < -0.39 is 38.5 Å². The van der Waals surface area contributed by atoms with Crippen molar-refractivity contribution in [2.45, 2.75) is 24.8 Å². The van der Waals surface area contributed by atoms with Gasteiger partial charge in [-0.3, -0.25) is 14.5 Å². The molecule has 0 aromatic heterocycles. The number of carbonyl (C=O) groups is 2. The van der Waals surface area contributed by atoms with Crippen molar-refractivity contribution in [1.29, 1.82) is 0 Å². The highest BCUT2D eigenvalue weighted by Gasteiger charge is 2.34. The van der Waals surface area contributed by atoms with Crippen LogP contribution in [0.2, 0.25) is 0 Å². The van der Waals surface area contributed by atoms with Gasteiger partial charge in [-0.25, -0.2) is 17.2 Å². The fourth-order valence-corrected chi connectivity index (χ4v) is 5.04. The number of anilines is 1. The summed E-state index contributed by atoms with van der Waals surface area (Å²) in [6.07, 6.45) is 0. The van der Waals surface area contributed by atoms with Crippen LogP contribution in [0.15, 0.2) is 53.4 Å². The van der Waals surface area contributed by atoms with Crippen LogP contribution in [0.3, 0.4) is 0 Å². The van der Waals surface area contributed by atoms with E-state index in [0.29, 0.717) is 31.9 Å². The lowest BCUT2D eigenvalue weighted by atomic mass is 10.0. The van der Waals surface area contributed by atoms with Crippen molar-refractivity contribution in [3.05, 3.63) is 60.2 Å². The summed E-state index contributed by atoms with van der Waals surface area (Å²) in [7, 11) is -4.24. The van der Waals surface area contributed by atoms with Gasteiger partial charge in [0.2, 0.25) is 21.8 Å². The maximum absolute atomic E-state index is 14.0. The molecule has 8 nitrogen and oxygen atoms in total. The summed E-state index contributed by atoms with van der Waals surface area (Å²) in [6.45, 7) is 5.00. The van der Waals surface area contributed by atoms with Crippen molar-refractivity contribution < 1.29 is 26.8 Å². The third-order valence-corrected chi connectivity index (χ3v) is 6.99. The zero-order valence-electron chi connectivity index (χ0n) is 19.0. The van der Waals surface area contributed by atoms with Crippen LogP contribution in [-0.2, 0) is 19.6 Å². The SMILES string of the molecule is CC(C)[C@H](NS(=O)(=O)c1ccccc1F)C(=O)N1CCN(CC(=O)Nc2ccc(F)cc2)CC1. The van der Waals surface area contributed by atoms with Crippen molar-refractivity contribution >= 4 is 27.5 Å². The van der Waals surface area contributed by atoms with Crippen LogP contribution in [0, 0.1) is 17.6 Å². The molecule has 34 heavy (non-hydrogen) atoms. The van der Waals surface area contributed by atoms with Crippen molar-refractivity contribution in [3.8, 4) is 0 Å². The van der Waals surface area contributed by atoms with E-state index >= 15 is 0 Å². The molecule has 1 aliphatic rings. The van der Waals surface area contributed by atoms with Gasteiger partial charge in [0.25, 0.3) is 0 Å².